The van der Waals surface area contributed by atoms with Crippen LogP contribution < -0.4 is 4.90 Å². The summed E-state index contributed by atoms with van der Waals surface area (Å²) in [7, 11) is -3.95. The molecule has 1 heterocycles. The minimum atomic E-state index is -3.95. The molecule has 1 aliphatic heterocycles. The van der Waals surface area contributed by atoms with E-state index >= 15 is 0 Å². The molecular weight excluding hydrogens is 342 g/mol. The van der Waals surface area contributed by atoms with E-state index in [2.05, 4.69) is 0 Å². The molecule has 2 aromatic rings. The van der Waals surface area contributed by atoms with Crippen LogP contribution in [0.25, 0.3) is 0 Å². The molecule has 3 rings (SSSR count). The molecule has 0 fully saturated rings. The Morgan fingerprint density at radius 2 is 1.82 bits per heavy atom. The van der Waals surface area contributed by atoms with Gasteiger partial charge >= 0.3 is 0 Å². The van der Waals surface area contributed by atoms with Gasteiger partial charge < -0.3 is 4.90 Å². The van der Waals surface area contributed by atoms with E-state index in [-0.39, 0.29) is 5.75 Å². The second-order valence-electron chi connectivity index (χ2n) is 4.95. The first-order valence-corrected chi connectivity index (χ1v) is 9.54. The summed E-state index contributed by atoms with van der Waals surface area (Å²) in [6.07, 6.45) is 0.322. The number of anilines is 2. The van der Waals surface area contributed by atoms with Gasteiger partial charge in [-0.05, 0) is 30.7 Å². The Kier molecular flexibility index (Phi) is 4.36. The van der Waals surface area contributed by atoms with Gasteiger partial charge in [-0.1, -0.05) is 41.6 Å². The molecule has 2 aromatic carbocycles. The highest BCUT2D eigenvalue weighted by molar-refractivity contribution is 7.99. The van der Waals surface area contributed by atoms with Crippen LogP contribution in [0.1, 0.15) is 6.42 Å². The van der Waals surface area contributed by atoms with E-state index in [1.165, 1.54) is 0 Å². The van der Waals surface area contributed by atoms with Gasteiger partial charge in [0.2, 0.25) is 0 Å². The summed E-state index contributed by atoms with van der Waals surface area (Å²) in [5.74, 6) is -0.265. The first kappa shape index (κ1) is 15.7. The van der Waals surface area contributed by atoms with Crippen molar-refractivity contribution >= 4 is 44.9 Å². The highest BCUT2D eigenvalue weighted by Gasteiger charge is 2.25. The summed E-state index contributed by atoms with van der Waals surface area (Å²) in [4.78, 5) is 4.16. The lowest BCUT2D eigenvalue weighted by Crippen LogP contribution is -2.24. The number of hydrogen-bond donors (Lipinski definition) is 1. The highest BCUT2D eigenvalue weighted by atomic mass is 35.5. The van der Waals surface area contributed by atoms with Crippen LogP contribution in [0.3, 0.4) is 0 Å². The Morgan fingerprint density at radius 3 is 2.59 bits per heavy atom. The third-order valence-electron chi connectivity index (χ3n) is 3.38. The maximum atomic E-state index is 10.9. The number of para-hydroxylation sites is 2. The third kappa shape index (κ3) is 3.25. The first-order valence-electron chi connectivity index (χ1n) is 6.74. The topological polar surface area (TPSA) is 57.6 Å². The molecule has 22 heavy (non-hydrogen) atoms. The molecule has 0 amide bonds. The molecule has 0 spiro atoms. The predicted molar refractivity (Wildman–Crippen MR) is 90.1 cm³/mol. The number of rotatable bonds is 4. The van der Waals surface area contributed by atoms with E-state index in [1.54, 1.807) is 11.8 Å². The molecule has 1 N–H and O–H groups in total. The van der Waals surface area contributed by atoms with Crippen LogP contribution in [0.2, 0.25) is 5.02 Å². The molecule has 0 bridgehead atoms. The van der Waals surface area contributed by atoms with Crippen molar-refractivity contribution in [2.24, 2.45) is 0 Å². The van der Waals surface area contributed by atoms with Crippen molar-refractivity contribution in [1.29, 1.82) is 0 Å². The largest absolute Gasteiger partial charge is 0.338 e. The summed E-state index contributed by atoms with van der Waals surface area (Å²) in [5.41, 5.74) is 1.90. The zero-order valence-electron chi connectivity index (χ0n) is 11.6. The molecule has 4 nitrogen and oxygen atoms in total. The van der Waals surface area contributed by atoms with Crippen LogP contribution in [0.5, 0.6) is 0 Å². The Balaban J connectivity index is 1.97. The lowest BCUT2D eigenvalue weighted by Gasteiger charge is -2.33. The molecule has 116 valence electrons. The number of benzene rings is 2. The van der Waals surface area contributed by atoms with Crippen molar-refractivity contribution in [1.82, 2.24) is 0 Å². The Bertz CT molecular complexity index is 808. The average molecular weight is 356 g/mol. The molecule has 0 unspecified atom stereocenters. The predicted octanol–water partition coefficient (Wildman–Crippen LogP) is 4.22. The Morgan fingerprint density at radius 1 is 1.09 bits per heavy atom. The summed E-state index contributed by atoms with van der Waals surface area (Å²) in [5, 5.41) is 0.631. The lowest BCUT2D eigenvalue weighted by atomic mass is 10.2. The molecule has 0 atom stereocenters. The molecule has 0 radical (unpaired) electrons. The van der Waals surface area contributed by atoms with Crippen molar-refractivity contribution in [3.8, 4) is 0 Å². The molecule has 0 aromatic heterocycles. The molecule has 1 aliphatic rings. The van der Waals surface area contributed by atoms with Gasteiger partial charge in [0.15, 0.2) is 0 Å². The fourth-order valence-corrected chi connectivity index (χ4v) is 4.44. The summed E-state index contributed by atoms with van der Waals surface area (Å²) in [6, 6.07) is 13.6. The Hall–Kier alpha value is -1.21. The van der Waals surface area contributed by atoms with Crippen LogP contribution in [0, 0.1) is 0 Å². The molecule has 7 heteroatoms. The van der Waals surface area contributed by atoms with E-state index in [4.69, 9.17) is 16.2 Å². The van der Waals surface area contributed by atoms with Crippen LogP contribution in [-0.2, 0) is 10.1 Å². The number of halogens is 1. The Labute approximate surface area is 138 Å². The molecular formula is C15H14ClNO3S2. The molecule has 0 saturated heterocycles. The second kappa shape index (κ2) is 6.12. The third-order valence-corrected chi connectivity index (χ3v) is 5.60. The van der Waals surface area contributed by atoms with Crippen molar-refractivity contribution in [3.63, 3.8) is 0 Å². The fourth-order valence-electron chi connectivity index (χ4n) is 2.48. The van der Waals surface area contributed by atoms with Gasteiger partial charge in [-0.15, -0.1) is 0 Å². The minimum Gasteiger partial charge on any atom is -0.338 e. The van der Waals surface area contributed by atoms with Gasteiger partial charge in [0.1, 0.15) is 0 Å². The van der Waals surface area contributed by atoms with Gasteiger partial charge in [-0.3, -0.25) is 4.55 Å². The van der Waals surface area contributed by atoms with Crippen LogP contribution in [0.15, 0.2) is 52.3 Å². The van der Waals surface area contributed by atoms with Gasteiger partial charge in [0, 0.05) is 16.3 Å². The SMILES string of the molecule is O=S(=O)(O)CCCN1c2ccccc2Sc2cccc(Cl)c21. The maximum Gasteiger partial charge on any atom is 0.264 e. The van der Waals surface area contributed by atoms with Crippen molar-refractivity contribution in [2.75, 3.05) is 17.2 Å². The van der Waals surface area contributed by atoms with Crippen LogP contribution in [0.4, 0.5) is 11.4 Å². The van der Waals surface area contributed by atoms with E-state index < -0.39 is 10.1 Å². The normalized spacial score (nSPS) is 13.6. The second-order valence-corrected chi connectivity index (χ2v) is 8.01. The molecule has 0 aliphatic carbocycles. The van der Waals surface area contributed by atoms with Crippen molar-refractivity contribution < 1.29 is 13.0 Å². The fraction of sp³-hybridized carbons (Fsp3) is 0.200. The average Bonchev–Trinajstić information content (AvgIpc) is 2.45. The van der Waals surface area contributed by atoms with Gasteiger partial charge in [-0.2, -0.15) is 8.42 Å². The molecule has 0 saturated carbocycles. The van der Waals surface area contributed by atoms with E-state index in [0.29, 0.717) is 18.0 Å². The van der Waals surface area contributed by atoms with E-state index in [1.807, 2.05) is 47.4 Å². The van der Waals surface area contributed by atoms with Gasteiger partial charge in [-0.25, -0.2) is 0 Å². The smallest absolute Gasteiger partial charge is 0.264 e. The van der Waals surface area contributed by atoms with Crippen molar-refractivity contribution in [2.45, 2.75) is 16.2 Å². The lowest BCUT2D eigenvalue weighted by molar-refractivity contribution is 0.481. The van der Waals surface area contributed by atoms with E-state index in [0.717, 1.165) is 21.2 Å². The standard InChI is InChI=1S/C15H14ClNO3S2/c16-11-5-3-8-14-15(11)17(9-4-10-22(18,19)20)12-6-1-2-7-13(12)21-14/h1-3,5-8H,4,9-10H2,(H,18,19,20). The number of fused-ring (bicyclic) bond motifs is 2. The van der Waals surface area contributed by atoms with Gasteiger partial charge in [0.25, 0.3) is 10.1 Å². The number of hydrogen-bond acceptors (Lipinski definition) is 4. The zero-order valence-corrected chi connectivity index (χ0v) is 14.0. The number of nitrogens with zero attached hydrogens (tertiary/aromatic N) is 1. The quantitative estimate of drug-likeness (QED) is 0.832. The summed E-state index contributed by atoms with van der Waals surface area (Å²) >= 11 is 8.00. The zero-order chi connectivity index (χ0) is 15.7. The summed E-state index contributed by atoms with van der Waals surface area (Å²) < 4.78 is 30.8. The first-order chi connectivity index (χ1) is 10.5. The monoisotopic (exact) mass is 355 g/mol. The van der Waals surface area contributed by atoms with Crippen LogP contribution in [-0.4, -0.2) is 25.3 Å². The summed E-state index contributed by atoms with van der Waals surface area (Å²) in [6.45, 7) is 0.466. The van der Waals surface area contributed by atoms with Crippen molar-refractivity contribution in [3.05, 3.63) is 47.5 Å². The maximum absolute atomic E-state index is 10.9. The highest BCUT2D eigenvalue weighted by Crippen LogP contribution is 2.50. The van der Waals surface area contributed by atoms with Crippen LogP contribution >= 0.6 is 23.4 Å². The minimum absolute atomic E-state index is 0.265. The van der Waals surface area contributed by atoms with E-state index in [9.17, 15) is 8.42 Å². The van der Waals surface area contributed by atoms with Gasteiger partial charge in [0.05, 0.1) is 22.2 Å².